The van der Waals surface area contributed by atoms with Crippen molar-refractivity contribution in [1.29, 1.82) is 0 Å². The van der Waals surface area contributed by atoms with Crippen molar-refractivity contribution in [3.05, 3.63) is 90.0 Å². The second-order valence-electron chi connectivity index (χ2n) is 6.46. The third-order valence-electron chi connectivity index (χ3n) is 4.19. The summed E-state index contributed by atoms with van der Waals surface area (Å²) in [6.45, 7) is -0.202. The second-order valence-corrected chi connectivity index (χ2v) is 9.55. The van der Waals surface area contributed by atoms with Gasteiger partial charge in [0, 0.05) is 16.5 Å². The molecule has 0 heterocycles. The Morgan fingerprint density at radius 2 is 1.42 bits per heavy atom. The Kier molecular flexibility index (Phi) is 9.87. The van der Waals surface area contributed by atoms with Crippen molar-refractivity contribution in [2.45, 2.75) is 17.3 Å². The third kappa shape index (κ3) is 9.44. The standard InChI is InChI=1S/C16H19O2S.C7H8O4S/c1-17-14-7-9-16(10-8-14)19(3)12-13-5-4-6-15(11-13)18-2;8-12(9,10)11-6-7-4-2-1-3-5-7/h4-11H,12H2,1-3H3;1-5H,6H2,(H,8,9,10)/q+1;/p-1. The van der Waals surface area contributed by atoms with Crippen molar-refractivity contribution in [2.75, 3.05) is 20.5 Å². The maximum absolute atomic E-state index is 10.0. The summed E-state index contributed by atoms with van der Waals surface area (Å²) in [6.07, 6.45) is 2.27. The Morgan fingerprint density at radius 1 is 0.806 bits per heavy atom. The molecule has 3 aromatic carbocycles. The minimum Gasteiger partial charge on any atom is -0.726 e. The van der Waals surface area contributed by atoms with Gasteiger partial charge in [0.25, 0.3) is 0 Å². The van der Waals surface area contributed by atoms with Crippen LogP contribution in [0, 0.1) is 0 Å². The summed E-state index contributed by atoms with van der Waals surface area (Å²) in [7, 11) is -0.994. The largest absolute Gasteiger partial charge is 0.726 e. The fourth-order valence-corrected chi connectivity index (χ4v) is 4.35. The molecule has 0 aliphatic rings. The van der Waals surface area contributed by atoms with Crippen LogP contribution in [-0.4, -0.2) is 33.4 Å². The average molecular weight is 463 g/mol. The van der Waals surface area contributed by atoms with Crippen LogP contribution in [0.2, 0.25) is 0 Å². The Balaban J connectivity index is 0.000000245. The minimum absolute atomic E-state index is 0.184. The van der Waals surface area contributed by atoms with E-state index in [1.54, 1.807) is 44.6 Å². The monoisotopic (exact) mass is 462 g/mol. The summed E-state index contributed by atoms with van der Waals surface area (Å²) in [5.41, 5.74) is 1.96. The molecule has 0 saturated carbocycles. The van der Waals surface area contributed by atoms with Gasteiger partial charge in [-0.25, -0.2) is 8.42 Å². The van der Waals surface area contributed by atoms with Crippen LogP contribution in [0.1, 0.15) is 11.1 Å². The van der Waals surface area contributed by atoms with Gasteiger partial charge in [-0.15, -0.1) is 0 Å². The molecule has 0 bridgehead atoms. The first-order valence-electron chi connectivity index (χ1n) is 9.34. The molecule has 0 saturated heterocycles. The number of hydrogen-bond donors (Lipinski definition) is 0. The molecule has 1 atom stereocenters. The number of rotatable bonds is 8. The van der Waals surface area contributed by atoms with Crippen LogP contribution in [0.25, 0.3) is 0 Å². The SMILES string of the molecule is COc1ccc([S+](C)Cc2cccc(OC)c2)cc1.O=S(=O)([O-])OCc1ccccc1. The maximum Gasteiger partial charge on any atom is 0.217 e. The first-order valence-corrected chi connectivity index (χ1v) is 12.5. The molecular weight excluding hydrogens is 436 g/mol. The van der Waals surface area contributed by atoms with Crippen LogP contribution in [0.3, 0.4) is 0 Å². The molecule has 31 heavy (non-hydrogen) atoms. The topological polar surface area (TPSA) is 84.9 Å². The highest BCUT2D eigenvalue weighted by atomic mass is 32.3. The smallest absolute Gasteiger partial charge is 0.217 e. The fourth-order valence-electron chi connectivity index (χ4n) is 2.62. The molecule has 0 fully saturated rings. The van der Waals surface area contributed by atoms with Gasteiger partial charge in [0.1, 0.15) is 23.5 Å². The second kappa shape index (κ2) is 12.4. The fraction of sp³-hybridized carbons (Fsp3) is 0.217. The molecular formula is C23H26O6S2. The zero-order valence-corrected chi connectivity index (χ0v) is 19.3. The zero-order valence-electron chi connectivity index (χ0n) is 17.7. The van der Waals surface area contributed by atoms with E-state index < -0.39 is 10.4 Å². The first kappa shape index (κ1) is 24.7. The molecule has 6 nitrogen and oxygen atoms in total. The number of hydrogen-bond acceptors (Lipinski definition) is 6. The number of methoxy groups -OCH3 is 2. The lowest BCUT2D eigenvalue weighted by atomic mass is 10.2. The summed E-state index contributed by atoms with van der Waals surface area (Å²) < 4.78 is 44.6. The molecule has 0 radical (unpaired) electrons. The molecule has 0 aliphatic heterocycles. The number of benzene rings is 3. The average Bonchev–Trinajstić information content (AvgIpc) is 2.78. The lowest BCUT2D eigenvalue weighted by Crippen LogP contribution is -2.03. The number of ether oxygens (including phenoxy) is 2. The highest BCUT2D eigenvalue weighted by Gasteiger charge is 2.16. The van der Waals surface area contributed by atoms with Gasteiger partial charge in [-0.05, 0) is 42.0 Å². The molecule has 0 aliphatic carbocycles. The van der Waals surface area contributed by atoms with Gasteiger partial charge in [-0.3, -0.25) is 4.18 Å². The van der Waals surface area contributed by atoms with E-state index in [0.29, 0.717) is 5.56 Å². The van der Waals surface area contributed by atoms with Crippen LogP contribution >= 0.6 is 0 Å². The molecule has 0 N–H and O–H groups in total. The molecule has 0 amide bonds. The van der Waals surface area contributed by atoms with E-state index in [2.05, 4.69) is 34.7 Å². The highest BCUT2D eigenvalue weighted by molar-refractivity contribution is 7.95. The molecule has 3 aromatic rings. The van der Waals surface area contributed by atoms with Crippen LogP contribution in [-0.2, 0) is 37.8 Å². The molecule has 8 heteroatoms. The van der Waals surface area contributed by atoms with Crippen molar-refractivity contribution >= 4 is 21.3 Å². The zero-order chi connectivity index (χ0) is 22.7. The lowest BCUT2D eigenvalue weighted by Gasteiger charge is -2.06. The summed E-state index contributed by atoms with van der Waals surface area (Å²) in [6, 6.07) is 25.2. The maximum atomic E-state index is 10.0. The van der Waals surface area contributed by atoms with Crippen LogP contribution < -0.4 is 9.47 Å². The third-order valence-corrected chi connectivity index (χ3v) is 6.44. The van der Waals surface area contributed by atoms with Crippen molar-refractivity contribution in [3.63, 3.8) is 0 Å². The summed E-state index contributed by atoms with van der Waals surface area (Å²) in [4.78, 5) is 1.35. The van der Waals surface area contributed by atoms with Crippen LogP contribution in [0.15, 0.2) is 83.8 Å². The molecule has 166 valence electrons. The van der Waals surface area contributed by atoms with Crippen molar-refractivity contribution < 1.29 is 26.6 Å². The van der Waals surface area contributed by atoms with Crippen LogP contribution in [0.4, 0.5) is 0 Å². The normalized spacial score (nSPS) is 11.7. The highest BCUT2D eigenvalue weighted by Crippen LogP contribution is 2.22. The van der Waals surface area contributed by atoms with Gasteiger partial charge in [-0.1, -0.05) is 42.5 Å². The summed E-state index contributed by atoms with van der Waals surface area (Å²) >= 11 is 0. The Morgan fingerprint density at radius 3 is 2.00 bits per heavy atom. The van der Waals surface area contributed by atoms with Gasteiger partial charge in [0.2, 0.25) is 10.4 Å². The van der Waals surface area contributed by atoms with Gasteiger partial charge in [0.15, 0.2) is 4.90 Å². The van der Waals surface area contributed by atoms with Gasteiger partial charge in [-0.2, -0.15) is 0 Å². The van der Waals surface area contributed by atoms with E-state index in [4.69, 9.17) is 9.47 Å². The van der Waals surface area contributed by atoms with E-state index >= 15 is 0 Å². The van der Waals surface area contributed by atoms with E-state index in [1.807, 2.05) is 24.3 Å². The van der Waals surface area contributed by atoms with E-state index in [9.17, 15) is 13.0 Å². The Labute approximate surface area is 187 Å². The summed E-state index contributed by atoms with van der Waals surface area (Å²) in [5.74, 6) is 2.86. The van der Waals surface area contributed by atoms with Crippen molar-refractivity contribution in [2.24, 2.45) is 0 Å². The molecule has 0 aromatic heterocycles. The van der Waals surface area contributed by atoms with Crippen molar-refractivity contribution in [1.82, 2.24) is 0 Å². The molecule has 0 spiro atoms. The molecule has 1 unspecified atom stereocenters. The Bertz CT molecular complexity index is 1020. The van der Waals surface area contributed by atoms with Crippen LogP contribution in [0.5, 0.6) is 11.5 Å². The van der Waals surface area contributed by atoms with Gasteiger partial charge in [0.05, 0.1) is 20.8 Å². The minimum atomic E-state index is -4.57. The predicted molar refractivity (Wildman–Crippen MR) is 122 cm³/mol. The molecule has 3 rings (SSSR count). The van der Waals surface area contributed by atoms with Gasteiger partial charge < -0.3 is 14.0 Å². The predicted octanol–water partition coefficient (Wildman–Crippen LogP) is 4.17. The lowest BCUT2D eigenvalue weighted by molar-refractivity contribution is 0.253. The Hall–Kier alpha value is -2.52. The van der Waals surface area contributed by atoms with Crippen molar-refractivity contribution in [3.8, 4) is 11.5 Å². The van der Waals surface area contributed by atoms with Gasteiger partial charge >= 0.3 is 0 Å². The summed E-state index contributed by atoms with van der Waals surface area (Å²) in [5, 5.41) is 0. The van der Waals surface area contributed by atoms with E-state index in [-0.39, 0.29) is 17.5 Å². The quantitative estimate of drug-likeness (QED) is 0.284. The van der Waals surface area contributed by atoms with E-state index in [1.165, 1.54) is 10.5 Å². The van der Waals surface area contributed by atoms with E-state index in [0.717, 1.165) is 17.3 Å². The first-order chi connectivity index (χ1) is 14.8.